The molecule has 0 aromatic heterocycles. The molecule has 5 heteroatoms. The van der Waals surface area contributed by atoms with Gasteiger partial charge in [-0.15, -0.1) is 0 Å². The van der Waals surface area contributed by atoms with Crippen LogP contribution in [0.1, 0.15) is 58.8 Å². The lowest BCUT2D eigenvalue weighted by Crippen LogP contribution is -2.24. The van der Waals surface area contributed by atoms with Crippen molar-refractivity contribution < 1.29 is 24.5 Å². The number of carbonyl (C=O) groups excluding carboxylic acids is 1. The Morgan fingerprint density at radius 3 is 2.45 bits per heavy atom. The van der Waals surface area contributed by atoms with Gasteiger partial charge in [0.05, 0.1) is 12.3 Å². The van der Waals surface area contributed by atoms with E-state index in [1.54, 1.807) is 13.0 Å². The topological polar surface area (TPSA) is 83.8 Å². The zero-order chi connectivity index (χ0) is 15.4. The van der Waals surface area contributed by atoms with Crippen molar-refractivity contribution in [1.82, 2.24) is 0 Å². The molecule has 0 aromatic carbocycles. The molecule has 0 radical (unpaired) electrons. The Labute approximate surface area is 120 Å². The molecule has 0 aromatic rings. The largest absolute Gasteiger partial charge is 0.481 e. The number of aliphatic carboxylic acids is 1. The average molecular weight is 286 g/mol. The van der Waals surface area contributed by atoms with Crippen molar-refractivity contribution in [2.24, 2.45) is 5.92 Å². The number of hydrogen-bond acceptors (Lipinski definition) is 4. The number of aliphatic hydroxyl groups excluding tert-OH is 1. The molecule has 0 heterocycles. The molecule has 0 saturated carbocycles. The summed E-state index contributed by atoms with van der Waals surface area (Å²) in [4.78, 5) is 22.5. The molecule has 0 rings (SSSR count). The van der Waals surface area contributed by atoms with Crippen molar-refractivity contribution in [2.75, 3.05) is 0 Å². The Balaban J connectivity index is 4.29. The van der Waals surface area contributed by atoms with Crippen LogP contribution in [0.2, 0.25) is 0 Å². The van der Waals surface area contributed by atoms with Crippen molar-refractivity contribution in [2.45, 2.75) is 65.1 Å². The van der Waals surface area contributed by atoms with Gasteiger partial charge in [0.15, 0.2) is 6.29 Å². The maximum Gasteiger partial charge on any atom is 0.315 e. The highest BCUT2D eigenvalue weighted by atomic mass is 16.6. The van der Waals surface area contributed by atoms with E-state index in [9.17, 15) is 14.7 Å². The minimum atomic E-state index is -1.17. The summed E-state index contributed by atoms with van der Waals surface area (Å²) in [7, 11) is 0. The molecular weight excluding hydrogens is 260 g/mol. The molecule has 20 heavy (non-hydrogen) atoms. The molecule has 0 aliphatic heterocycles. The van der Waals surface area contributed by atoms with E-state index in [2.05, 4.69) is 6.92 Å². The summed E-state index contributed by atoms with van der Waals surface area (Å²) in [6.45, 7) is 3.81. The van der Waals surface area contributed by atoms with E-state index in [1.807, 2.05) is 6.08 Å². The van der Waals surface area contributed by atoms with Crippen molar-refractivity contribution in [3.63, 3.8) is 0 Å². The highest BCUT2D eigenvalue weighted by Crippen LogP contribution is 2.12. The Hall–Kier alpha value is -1.36. The van der Waals surface area contributed by atoms with E-state index in [4.69, 9.17) is 9.84 Å². The number of unbranched alkanes of at least 4 members (excludes halogenated alkanes) is 4. The first kappa shape index (κ1) is 18.6. The van der Waals surface area contributed by atoms with Gasteiger partial charge in [0, 0.05) is 6.42 Å². The van der Waals surface area contributed by atoms with Crippen LogP contribution >= 0.6 is 0 Å². The Morgan fingerprint density at radius 1 is 1.20 bits per heavy atom. The highest BCUT2D eigenvalue weighted by Gasteiger charge is 2.22. The smallest absolute Gasteiger partial charge is 0.315 e. The van der Waals surface area contributed by atoms with Crippen LogP contribution in [-0.2, 0) is 14.3 Å². The van der Waals surface area contributed by atoms with E-state index in [-0.39, 0.29) is 12.8 Å². The van der Waals surface area contributed by atoms with E-state index in [0.717, 1.165) is 25.7 Å². The number of carbonyl (C=O) groups is 2. The van der Waals surface area contributed by atoms with Crippen LogP contribution in [0.4, 0.5) is 0 Å². The summed E-state index contributed by atoms with van der Waals surface area (Å²) >= 11 is 0. The molecule has 5 nitrogen and oxygen atoms in total. The molecule has 0 aliphatic rings. The first-order valence-corrected chi connectivity index (χ1v) is 7.28. The molecule has 116 valence electrons. The van der Waals surface area contributed by atoms with Gasteiger partial charge in [-0.2, -0.15) is 0 Å². The zero-order valence-corrected chi connectivity index (χ0v) is 12.4. The van der Waals surface area contributed by atoms with Crippen molar-refractivity contribution >= 4 is 11.9 Å². The normalized spacial score (nSPS) is 14.2. The fraction of sp³-hybridized carbons (Fsp3) is 0.733. The van der Waals surface area contributed by atoms with Gasteiger partial charge in [0.2, 0.25) is 0 Å². The number of ether oxygens (including phenoxy) is 1. The van der Waals surface area contributed by atoms with Crippen LogP contribution in [0, 0.1) is 5.92 Å². The number of carboxylic acid groups (broad SMARTS) is 1. The molecule has 2 unspecified atom stereocenters. The van der Waals surface area contributed by atoms with Gasteiger partial charge in [-0.25, -0.2) is 0 Å². The summed E-state index contributed by atoms with van der Waals surface area (Å²) in [6, 6.07) is 0. The summed E-state index contributed by atoms with van der Waals surface area (Å²) < 4.78 is 4.76. The Kier molecular flexibility index (Phi) is 10.7. The molecule has 0 amide bonds. The number of hydrogen-bond donors (Lipinski definition) is 2. The lowest BCUT2D eigenvalue weighted by atomic mass is 10.0. The molecule has 0 bridgehead atoms. The lowest BCUT2D eigenvalue weighted by Gasteiger charge is -2.14. The van der Waals surface area contributed by atoms with E-state index < -0.39 is 24.1 Å². The van der Waals surface area contributed by atoms with Crippen molar-refractivity contribution in [3.8, 4) is 0 Å². The van der Waals surface area contributed by atoms with Crippen LogP contribution in [0.15, 0.2) is 12.2 Å². The van der Waals surface area contributed by atoms with Gasteiger partial charge < -0.3 is 14.9 Å². The van der Waals surface area contributed by atoms with Gasteiger partial charge in [-0.3, -0.25) is 9.59 Å². The molecule has 0 fully saturated rings. The number of aliphatic hydroxyl groups is 1. The fourth-order valence-electron chi connectivity index (χ4n) is 1.67. The van der Waals surface area contributed by atoms with E-state index in [1.165, 1.54) is 6.42 Å². The average Bonchev–Trinajstić information content (AvgIpc) is 2.40. The first-order valence-electron chi connectivity index (χ1n) is 7.28. The number of carboxylic acids is 1. The van der Waals surface area contributed by atoms with E-state index in [0.29, 0.717) is 0 Å². The highest BCUT2D eigenvalue weighted by molar-refractivity contribution is 5.80. The third-order valence-electron chi connectivity index (χ3n) is 2.89. The van der Waals surface area contributed by atoms with Gasteiger partial charge >= 0.3 is 11.9 Å². The van der Waals surface area contributed by atoms with Gasteiger partial charge in [-0.05, 0) is 12.8 Å². The number of allylic oxidation sites excluding steroid dienone is 1. The zero-order valence-electron chi connectivity index (χ0n) is 12.4. The summed E-state index contributed by atoms with van der Waals surface area (Å²) in [6.07, 6.45) is 7.50. The molecular formula is C15H26O5. The minimum Gasteiger partial charge on any atom is -0.481 e. The van der Waals surface area contributed by atoms with Gasteiger partial charge in [0.25, 0.3) is 0 Å². The molecule has 0 spiro atoms. The maximum atomic E-state index is 11.7. The lowest BCUT2D eigenvalue weighted by molar-refractivity contribution is -0.173. The van der Waals surface area contributed by atoms with Crippen LogP contribution in [0.5, 0.6) is 0 Å². The quantitative estimate of drug-likeness (QED) is 0.264. The molecule has 2 atom stereocenters. The second-order valence-corrected chi connectivity index (χ2v) is 4.78. The third kappa shape index (κ3) is 9.55. The van der Waals surface area contributed by atoms with Crippen LogP contribution in [0.3, 0.4) is 0 Å². The SMILES string of the molecule is CCCCCCC=CC(CC(=O)O)C(=O)OC(O)CC. The van der Waals surface area contributed by atoms with Crippen molar-refractivity contribution in [3.05, 3.63) is 12.2 Å². The fourth-order valence-corrected chi connectivity index (χ4v) is 1.67. The monoisotopic (exact) mass is 286 g/mol. The maximum absolute atomic E-state index is 11.7. The van der Waals surface area contributed by atoms with Crippen LogP contribution in [0.25, 0.3) is 0 Å². The van der Waals surface area contributed by atoms with E-state index >= 15 is 0 Å². The Morgan fingerprint density at radius 2 is 1.90 bits per heavy atom. The molecule has 2 N–H and O–H groups in total. The predicted octanol–water partition coefficient (Wildman–Crippen LogP) is 2.88. The number of esters is 1. The Bertz CT molecular complexity index is 311. The third-order valence-corrected chi connectivity index (χ3v) is 2.89. The van der Waals surface area contributed by atoms with Gasteiger partial charge in [-0.1, -0.05) is 45.3 Å². The molecule has 0 aliphatic carbocycles. The summed E-state index contributed by atoms with van der Waals surface area (Å²) in [5.74, 6) is -2.58. The summed E-state index contributed by atoms with van der Waals surface area (Å²) in [5.41, 5.74) is 0. The second kappa shape index (κ2) is 11.5. The number of rotatable bonds is 11. The second-order valence-electron chi connectivity index (χ2n) is 4.78. The van der Waals surface area contributed by atoms with Crippen LogP contribution < -0.4 is 0 Å². The first-order chi connectivity index (χ1) is 9.51. The summed E-state index contributed by atoms with van der Waals surface area (Å²) in [5, 5.41) is 18.1. The molecule has 0 saturated heterocycles. The van der Waals surface area contributed by atoms with Crippen LogP contribution in [-0.4, -0.2) is 28.4 Å². The standard InChI is InChI=1S/C15H26O5/c1-3-5-6-7-8-9-10-12(11-13(16)17)15(19)20-14(18)4-2/h9-10,12,14,18H,3-8,11H2,1-2H3,(H,16,17). The predicted molar refractivity (Wildman–Crippen MR) is 76.0 cm³/mol. The van der Waals surface area contributed by atoms with Crippen molar-refractivity contribution in [1.29, 1.82) is 0 Å². The van der Waals surface area contributed by atoms with Gasteiger partial charge in [0.1, 0.15) is 0 Å². The minimum absolute atomic E-state index is 0.284.